The van der Waals surface area contributed by atoms with Gasteiger partial charge in [-0.2, -0.15) is 0 Å². The molecule has 7 heteroatoms. The third-order valence-electron chi connectivity index (χ3n) is 3.15. The highest BCUT2D eigenvalue weighted by Gasteiger charge is 2.13. The predicted octanol–water partition coefficient (Wildman–Crippen LogP) is 4.05. The quantitative estimate of drug-likeness (QED) is 0.762. The van der Waals surface area contributed by atoms with E-state index >= 15 is 0 Å². The third kappa shape index (κ3) is 5.71. The largest absolute Gasteiger partial charge is 0.455 e. The van der Waals surface area contributed by atoms with Gasteiger partial charge in [0.25, 0.3) is 5.91 Å². The van der Waals surface area contributed by atoms with Crippen molar-refractivity contribution >= 4 is 46.7 Å². The van der Waals surface area contributed by atoms with Gasteiger partial charge in [-0.15, -0.1) is 0 Å². The zero-order chi connectivity index (χ0) is 17.5. The molecule has 0 fully saturated rings. The number of carbonyl (C=O) groups excluding carboxylic acids is 2. The Hall–Kier alpha value is -1.75. The lowest BCUT2D eigenvalue weighted by atomic mass is 10.1. The monoisotopic (exact) mass is 385 g/mol. The molecule has 24 heavy (non-hydrogen) atoms. The molecule has 2 aromatic carbocycles. The molecule has 0 saturated heterocycles. The number of amides is 1. The fraction of sp³-hybridized carbons (Fsp3) is 0.176. The van der Waals surface area contributed by atoms with E-state index < -0.39 is 11.9 Å². The Morgan fingerprint density at radius 3 is 2.21 bits per heavy atom. The van der Waals surface area contributed by atoms with Crippen LogP contribution in [-0.2, 0) is 27.3 Å². The van der Waals surface area contributed by atoms with Crippen molar-refractivity contribution in [3.8, 4) is 0 Å². The van der Waals surface area contributed by atoms with Crippen molar-refractivity contribution in [2.45, 2.75) is 13.0 Å². The molecule has 126 valence electrons. The Morgan fingerprint density at radius 1 is 0.958 bits per heavy atom. The van der Waals surface area contributed by atoms with Crippen LogP contribution in [0.2, 0.25) is 15.1 Å². The molecule has 1 N–H and O–H groups in total. The first-order valence-corrected chi connectivity index (χ1v) is 8.19. The number of ether oxygens (including phenoxy) is 1. The summed E-state index contributed by atoms with van der Waals surface area (Å²) in [5.41, 5.74) is 1.37. The maximum Gasteiger partial charge on any atom is 0.310 e. The van der Waals surface area contributed by atoms with Crippen LogP contribution in [-0.4, -0.2) is 18.5 Å². The van der Waals surface area contributed by atoms with Crippen LogP contribution in [0.3, 0.4) is 0 Å². The number of nitrogens with one attached hydrogen (secondary N) is 1. The molecular weight excluding hydrogens is 373 g/mol. The van der Waals surface area contributed by atoms with E-state index in [2.05, 4.69) is 5.32 Å². The van der Waals surface area contributed by atoms with Gasteiger partial charge in [0.2, 0.25) is 0 Å². The Balaban J connectivity index is 1.77. The van der Waals surface area contributed by atoms with Crippen molar-refractivity contribution in [2.75, 3.05) is 6.61 Å². The first kappa shape index (κ1) is 18.6. The minimum atomic E-state index is -0.577. The molecule has 0 spiro atoms. The van der Waals surface area contributed by atoms with Crippen LogP contribution in [0, 0.1) is 0 Å². The Kier molecular flexibility index (Phi) is 6.91. The Labute approximate surface area is 154 Å². The van der Waals surface area contributed by atoms with Crippen molar-refractivity contribution in [3.63, 3.8) is 0 Å². The molecule has 0 bridgehead atoms. The normalized spacial score (nSPS) is 10.3. The van der Waals surface area contributed by atoms with Crippen molar-refractivity contribution in [1.82, 2.24) is 5.32 Å². The molecule has 0 heterocycles. The van der Waals surface area contributed by atoms with Gasteiger partial charge in [0.15, 0.2) is 6.61 Å². The molecule has 0 aliphatic heterocycles. The second kappa shape index (κ2) is 8.92. The first-order chi connectivity index (χ1) is 11.5. The molecule has 0 aliphatic rings. The molecule has 0 saturated carbocycles. The SMILES string of the molecule is O=C(COC(=O)Cc1c(Cl)cccc1Cl)NCc1ccc(Cl)cc1. The summed E-state index contributed by atoms with van der Waals surface area (Å²) >= 11 is 17.8. The number of hydrogen-bond acceptors (Lipinski definition) is 3. The minimum absolute atomic E-state index is 0.0943. The maximum atomic E-state index is 11.8. The van der Waals surface area contributed by atoms with E-state index in [9.17, 15) is 9.59 Å². The van der Waals surface area contributed by atoms with E-state index in [1.165, 1.54) is 0 Å². The topological polar surface area (TPSA) is 55.4 Å². The fourth-order valence-corrected chi connectivity index (χ4v) is 2.55. The van der Waals surface area contributed by atoms with Crippen LogP contribution < -0.4 is 5.32 Å². The van der Waals surface area contributed by atoms with E-state index in [-0.39, 0.29) is 13.0 Å². The average Bonchev–Trinajstić information content (AvgIpc) is 2.56. The van der Waals surface area contributed by atoms with Crippen LogP contribution in [0.15, 0.2) is 42.5 Å². The Morgan fingerprint density at radius 2 is 1.58 bits per heavy atom. The van der Waals surface area contributed by atoms with Crippen molar-refractivity contribution < 1.29 is 14.3 Å². The van der Waals surface area contributed by atoms with Crippen molar-refractivity contribution in [1.29, 1.82) is 0 Å². The van der Waals surface area contributed by atoms with Gasteiger partial charge in [-0.05, 0) is 29.8 Å². The minimum Gasteiger partial charge on any atom is -0.455 e. The van der Waals surface area contributed by atoms with Gasteiger partial charge < -0.3 is 10.1 Å². The lowest BCUT2D eigenvalue weighted by Gasteiger charge is -2.08. The summed E-state index contributed by atoms with van der Waals surface area (Å²) in [5.74, 6) is -0.977. The van der Waals surface area contributed by atoms with Crippen LogP contribution in [0.25, 0.3) is 0 Å². The molecular formula is C17H14Cl3NO3. The lowest BCUT2D eigenvalue weighted by Crippen LogP contribution is -2.28. The lowest BCUT2D eigenvalue weighted by molar-refractivity contribution is -0.147. The highest BCUT2D eigenvalue weighted by Crippen LogP contribution is 2.24. The van der Waals surface area contributed by atoms with Gasteiger partial charge in [-0.3, -0.25) is 9.59 Å². The van der Waals surface area contributed by atoms with Gasteiger partial charge in [-0.25, -0.2) is 0 Å². The highest BCUT2D eigenvalue weighted by atomic mass is 35.5. The molecule has 1 amide bonds. The van der Waals surface area contributed by atoms with Gasteiger partial charge in [0, 0.05) is 27.2 Å². The number of carbonyl (C=O) groups is 2. The van der Waals surface area contributed by atoms with E-state index in [0.29, 0.717) is 27.2 Å². The highest BCUT2D eigenvalue weighted by molar-refractivity contribution is 6.36. The first-order valence-electron chi connectivity index (χ1n) is 7.05. The van der Waals surface area contributed by atoms with E-state index in [0.717, 1.165) is 5.56 Å². The second-order valence-electron chi connectivity index (χ2n) is 4.94. The van der Waals surface area contributed by atoms with Gasteiger partial charge in [0.1, 0.15) is 0 Å². The standard InChI is InChI=1S/C17H14Cl3NO3/c18-12-6-4-11(5-7-12)9-21-16(22)10-24-17(23)8-13-14(19)2-1-3-15(13)20/h1-7H,8-10H2,(H,21,22). The van der Waals surface area contributed by atoms with Gasteiger partial charge in [-0.1, -0.05) is 53.0 Å². The summed E-state index contributed by atoms with van der Waals surface area (Å²) in [4.78, 5) is 23.5. The average molecular weight is 387 g/mol. The molecule has 0 unspecified atom stereocenters. The number of benzene rings is 2. The Bertz CT molecular complexity index is 712. The van der Waals surface area contributed by atoms with Crippen molar-refractivity contribution in [2.24, 2.45) is 0 Å². The molecule has 0 aliphatic carbocycles. The summed E-state index contributed by atoms with van der Waals surface area (Å²) in [6.07, 6.45) is -0.0943. The van der Waals surface area contributed by atoms with Gasteiger partial charge >= 0.3 is 5.97 Å². The summed E-state index contributed by atoms with van der Waals surface area (Å²) in [5, 5.41) is 4.03. The molecule has 4 nitrogen and oxygen atoms in total. The van der Waals surface area contributed by atoms with Crippen LogP contribution in [0.1, 0.15) is 11.1 Å². The van der Waals surface area contributed by atoms with Crippen LogP contribution in [0.4, 0.5) is 0 Å². The smallest absolute Gasteiger partial charge is 0.310 e. The number of hydrogen-bond donors (Lipinski definition) is 1. The van der Waals surface area contributed by atoms with Crippen LogP contribution >= 0.6 is 34.8 Å². The molecule has 0 aromatic heterocycles. The summed E-state index contributed by atoms with van der Waals surface area (Å²) < 4.78 is 4.94. The number of esters is 1. The summed E-state index contributed by atoms with van der Waals surface area (Å²) in [6.45, 7) is -0.0433. The predicted molar refractivity (Wildman–Crippen MR) is 94.4 cm³/mol. The molecule has 2 rings (SSSR count). The van der Waals surface area contributed by atoms with Crippen molar-refractivity contribution in [3.05, 3.63) is 68.7 Å². The van der Waals surface area contributed by atoms with E-state index in [1.54, 1.807) is 42.5 Å². The zero-order valence-electron chi connectivity index (χ0n) is 12.5. The zero-order valence-corrected chi connectivity index (χ0v) is 14.8. The maximum absolute atomic E-state index is 11.8. The summed E-state index contributed by atoms with van der Waals surface area (Å²) in [6, 6.07) is 12.0. The van der Waals surface area contributed by atoms with E-state index in [4.69, 9.17) is 39.5 Å². The van der Waals surface area contributed by atoms with E-state index in [1.807, 2.05) is 0 Å². The fourth-order valence-electron chi connectivity index (χ4n) is 1.90. The van der Waals surface area contributed by atoms with Gasteiger partial charge in [0.05, 0.1) is 6.42 Å². The molecule has 0 atom stereocenters. The molecule has 0 radical (unpaired) electrons. The third-order valence-corrected chi connectivity index (χ3v) is 4.11. The molecule has 2 aromatic rings. The van der Waals surface area contributed by atoms with Crippen LogP contribution in [0.5, 0.6) is 0 Å². The number of rotatable bonds is 6. The summed E-state index contributed by atoms with van der Waals surface area (Å²) in [7, 11) is 0. The second-order valence-corrected chi connectivity index (χ2v) is 6.19. The number of halogens is 3.